The van der Waals surface area contributed by atoms with Crippen molar-refractivity contribution in [1.29, 1.82) is 0 Å². The van der Waals surface area contributed by atoms with E-state index in [1.165, 1.54) is 11.9 Å². The molecular formula is C15H21N5O. The molecule has 6 heteroatoms. The first kappa shape index (κ1) is 14.2. The van der Waals surface area contributed by atoms with Crippen LogP contribution >= 0.6 is 0 Å². The molecule has 1 fully saturated rings. The Morgan fingerprint density at radius 2 is 2.14 bits per heavy atom. The summed E-state index contributed by atoms with van der Waals surface area (Å²) in [6.07, 6.45) is 3.14. The lowest BCUT2D eigenvalue weighted by Crippen LogP contribution is -2.49. The molecule has 0 bridgehead atoms. The van der Waals surface area contributed by atoms with Crippen molar-refractivity contribution in [3.8, 4) is 0 Å². The third-order valence-corrected chi connectivity index (χ3v) is 3.75. The van der Waals surface area contributed by atoms with Crippen LogP contribution < -0.4 is 5.32 Å². The maximum absolute atomic E-state index is 10.9. The predicted molar refractivity (Wildman–Crippen MR) is 79.6 cm³/mol. The van der Waals surface area contributed by atoms with Crippen molar-refractivity contribution < 1.29 is 5.11 Å². The van der Waals surface area contributed by atoms with Gasteiger partial charge in [0.25, 0.3) is 0 Å². The standard InChI is InChI=1S/C15H21N5O/c21-15(11-20-13-17-12-18-20)9-16-6-7-19(10-15)8-14-4-2-1-3-5-14/h1-5,12-13,16,21H,6-11H2/t15-/m0/s1. The fourth-order valence-electron chi connectivity index (χ4n) is 2.81. The van der Waals surface area contributed by atoms with Gasteiger partial charge in [-0.1, -0.05) is 30.3 Å². The molecule has 1 atom stereocenters. The molecule has 3 rings (SSSR count). The van der Waals surface area contributed by atoms with Crippen molar-refractivity contribution in [2.45, 2.75) is 18.7 Å². The Morgan fingerprint density at radius 3 is 2.90 bits per heavy atom. The predicted octanol–water partition coefficient (Wildman–Crippen LogP) is 0.115. The lowest BCUT2D eigenvalue weighted by atomic mass is 10.0. The Balaban J connectivity index is 1.68. The van der Waals surface area contributed by atoms with E-state index in [0.29, 0.717) is 19.6 Å². The van der Waals surface area contributed by atoms with Gasteiger partial charge in [0, 0.05) is 32.7 Å². The highest BCUT2D eigenvalue weighted by Crippen LogP contribution is 2.14. The van der Waals surface area contributed by atoms with E-state index in [9.17, 15) is 5.11 Å². The lowest BCUT2D eigenvalue weighted by Gasteiger charge is -2.31. The highest BCUT2D eigenvalue weighted by molar-refractivity contribution is 5.14. The van der Waals surface area contributed by atoms with Gasteiger partial charge in [-0.25, -0.2) is 9.67 Å². The quantitative estimate of drug-likeness (QED) is 0.836. The molecular weight excluding hydrogens is 266 g/mol. The summed E-state index contributed by atoms with van der Waals surface area (Å²) in [7, 11) is 0. The van der Waals surface area contributed by atoms with Crippen molar-refractivity contribution in [3.63, 3.8) is 0 Å². The average molecular weight is 287 g/mol. The SMILES string of the molecule is O[C@@]1(Cn2cncn2)CNCCN(Cc2ccccc2)C1. The first-order valence-corrected chi connectivity index (χ1v) is 7.25. The minimum absolute atomic E-state index is 0.450. The van der Waals surface area contributed by atoms with Crippen LogP contribution in [0.15, 0.2) is 43.0 Å². The molecule has 2 heterocycles. The zero-order valence-corrected chi connectivity index (χ0v) is 12.0. The second-order valence-electron chi connectivity index (χ2n) is 5.69. The van der Waals surface area contributed by atoms with Crippen LogP contribution in [0.1, 0.15) is 5.56 Å². The molecule has 1 aromatic carbocycles. The van der Waals surface area contributed by atoms with Crippen molar-refractivity contribution in [3.05, 3.63) is 48.5 Å². The maximum Gasteiger partial charge on any atom is 0.137 e. The number of aromatic nitrogens is 3. The van der Waals surface area contributed by atoms with E-state index in [-0.39, 0.29) is 0 Å². The monoisotopic (exact) mass is 287 g/mol. The lowest BCUT2D eigenvalue weighted by molar-refractivity contribution is -0.00267. The van der Waals surface area contributed by atoms with Crippen molar-refractivity contribution in [1.82, 2.24) is 25.0 Å². The number of nitrogens with one attached hydrogen (secondary N) is 1. The third kappa shape index (κ3) is 3.87. The van der Waals surface area contributed by atoms with Crippen LogP contribution in [0.2, 0.25) is 0 Å². The minimum Gasteiger partial charge on any atom is -0.385 e. The summed E-state index contributed by atoms with van der Waals surface area (Å²) < 4.78 is 1.69. The van der Waals surface area contributed by atoms with Crippen LogP contribution in [-0.4, -0.2) is 56.6 Å². The molecule has 2 N–H and O–H groups in total. The Hall–Kier alpha value is -1.76. The minimum atomic E-state index is -0.834. The van der Waals surface area contributed by atoms with Crippen LogP contribution in [0.3, 0.4) is 0 Å². The summed E-state index contributed by atoms with van der Waals surface area (Å²) in [6, 6.07) is 10.4. The molecule has 1 aliphatic rings. The number of benzene rings is 1. The van der Waals surface area contributed by atoms with Crippen LogP contribution in [0.25, 0.3) is 0 Å². The van der Waals surface area contributed by atoms with Crippen molar-refractivity contribution in [2.75, 3.05) is 26.2 Å². The molecule has 0 unspecified atom stereocenters. The smallest absolute Gasteiger partial charge is 0.137 e. The zero-order valence-electron chi connectivity index (χ0n) is 12.0. The number of rotatable bonds is 4. The van der Waals surface area contributed by atoms with Gasteiger partial charge in [-0.2, -0.15) is 5.10 Å². The Bertz CT molecular complexity index is 544. The summed E-state index contributed by atoms with van der Waals surface area (Å²) in [4.78, 5) is 6.22. The van der Waals surface area contributed by atoms with E-state index in [1.54, 1.807) is 11.0 Å². The van der Waals surface area contributed by atoms with Gasteiger partial charge in [-0.05, 0) is 5.56 Å². The van der Waals surface area contributed by atoms with Gasteiger partial charge < -0.3 is 10.4 Å². The van der Waals surface area contributed by atoms with Crippen LogP contribution in [0.4, 0.5) is 0 Å². The Morgan fingerprint density at radius 1 is 1.29 bits per heavy atom. The van der Waals surface area contributed by atoms with E-state index in [4.69, 9.17) is 0 Å². The molecule has 6 nitrogen and oxygen atoms in total. The van der Waals surface area contributed by atoms with Gasteiger partial charge in [-0.3, -0.25) is 4.90 Å². The fraction of sp³-hybridized carbons (Fsp3) is 0.467. The molecule has 0 radical (unpaired) electrons. The number of hydrogen-bond donors (Lipinski definition) is 2. The second-order valence-corrected chi connectivity index (χ2v) is 5.69. The van der Waals surface area contributed by atoms with Gasteiger partial charge in [0.15, 0.2) is 0 Å². The average Bonchev–Trinajstić information content (AvgIpc) is 2.90. The highest BCUT2D eigenvalue weighted by atomic mass is 16.3. The number of nitrogens with zero attached hydrogens (tertiary/aromatic N) is 4. The summed E-state index contributed by atoms with van der Waals surface area (Å²) in [5.74, 6) is 0. The Kier molecular flexibility index (Phi) is 4.28. The molecule has 1 saturated heterocycles. The summed E-state index contributed by atoms with van der Waals surface area (Å²) in [5.41, 5.74) is 0.432. The topological polar surface area (TPSA) is 66.2 Å². The molecule has 0 saturated carbocycles. The fourth-order valence-corrected chi connectivity index (χ4v) is 2.81. The summed E-state index contributed by atoms with van der Waals surface area (Å²) in [5, 5.41) is 18.3. The molecule has 0 aliphatic carbocycles. The molecule has 2 aromatic rings. The first-order chi connectivity index (χ1) is 10.2. The molecule has 112 valence electrons. The van der Waals surface area contributed by atoms with E-state index in [1.807, 2.05) is 18.2 Å². The van der Waals surface area contributed by atoms with E-state index >= 15 is 0 Å². The van der Waals surface area contributed by atoms with Gasteiger partial charge in [0.2, 0.25) is 0 Å². The summed E-state index contributed by atoms with van der Waals surface area (Å²) in [6.45, 7) is 4.29. The molecule has 1 aromatic heterocycles. The van der Waals surface area contributed by atoms with Gasteiger partial charge in [0.05, 0.1) is 6.54 Å². The molecule has 0 spiro atoms. The number of hydrogen-bond acceptors (Lipinski definition) is 5. The van der Waals surface area contributed by atoms with Crippen molar-refractivity contribution >= 4 is 0 Å². The normalized spacial score (nSPS) is 23.9. The maximum atomic E-state index is 10.9. The van der Waals surface area contributed by atoms with E-state index in [2.05, 4.69) is 32.4 Å². The first-order valence-electron chi connectivity index (χ1n) is 7.25. The zero-order chi connectivity index (χ0) is 14.5. The molecule has 1 aliphatic heterocycles. The Labute approximate surface area is 124 Å². The summed E-state index contributed by atoms with van der Waals surface area (Å²) >= 11 is 0. The second kappa shape index (κ2) is 6.34. The number of aliphatic hydroxyl groups is 1. The van der Waals surface area contributed by atoms with E-state index in [0.717, 1.165) is 19.6 Å². The van der Waals surface area contributed by atoms with Crippen LogP contribution in [0, 0.1) is 0 Å². The molecule has 21 heavy (non-hydrogen) atoms. The van der Waals surface area contributed by atoms with Gasteiger partial charge in [-0.15, -0.1) is 0 Å². The third-order valence-electron chi connectivity index (χ3n) is 3.75. The van der Waals surface area contributed by atoms with Gasteiger partial charge >= 0.3 is 0 Å². The van der Waals surface area contributed by atoms with Gasteiger partial charge in [0.1, 0.15) is 18.3 Å². The largest absolute Gasteiger partial charge is 0.385 e. The van der Waals surface area contributed by atoms with Crippen molar-refractivity contribution in [2.24, 2.45) is 0 Å². The van der Waals surface area contributed by atoms with Crippen LogP contribution in [0.5, 0.6) is 0 Å². The molecule has 0 amide bonds. The van der Waals surface area contributed by atoms with Crippen LogP contribution in [-0.2, 0) is 13.1 Å². The number of β-amino-alcohol motifs (C(OH)–C–C–N with tert-alkyl or cyclic N) is 1. The van der Waals surface area contributed by atoms with E-state index < -0.39 is 5.60 Å². The highest BCUT2D eigenvalue weighted by Gasteiger charge is 2.32.